The van der Waals surface area contributed by atoms with Crippen molar-refractivity contribution in [1.82, 2.24) is 9.13 Å². The predicted octanol–water partition coefficient (Wildman–Crippen LogP) is 3.72. The van der Waals surface area contributed by atoms with E-state index in [0.29, 0.717) is 18.7 Å². The Bertz CT molecular complexity index is 1140. The first-order valence-electron chi connectivity index (χ1n) is 9.76. The number of hydrogen-bond donors (Lipinski definition) is 2. The fourth-order valence-electron chi connectivity index (χ4n) is 3.50. The van der Waals surface area contributed by atoms with Crippen molar-refractivity contribution in [2.45, 2.75) is 26.1 Å². The topological polar surface area (TPSA) is 63.2 Å². The third kappa shape index (κ3) is 4.25. The number of aryl methyl sites for hydroxylation is 1. The summed E-state index contributed by atoms with van der Waals surface area (Å²) < 4.78 is 9.54. The molecule has 29 heavy (non-hydrogen) atoms. The summed E-state index contributed by atoms with van der Waals surface area (Å²) in [5.74, 6) is 0.734. The van der Waals surface area contributed by atoms with Gasteiger partial charge < -0.3 is 19.0 Å². The number of aromatic nitrogens is 2. The van der Waals surface area contributed by atoms with Crippen LogP contribution in [0.15, 0.2) is 78.9 Å². The maximum absolute atomic E-state index is 10.6. The van der Waals surface area contributed by atoms with E-state index in [0.717, 1.165) is 22.3 Å². The molecule has 0 aliphatic carbocycles. The van der Waals surface area contributed by atoms with Crippen LogP contribution in [-0.4, -0.2) is 27.0 Å². The molecule has 0 amide bonds. The van der Waals surface area contributed by atoms with Crippen molar-refractivity contribution < 1.29 is 9.84 Å². The molecule has 0 spiro atoms. The van der Waals surface area contributed by atoms with Crippen molar-refractivity contribution in [3.63, 3.8) is 0 Å². The van der Waals surface area contributed by atoms with Gasteiger partial charge >= 0.3 is 0 Å². The molecule has 0 saturated carbocycles. The lowest BCUT2D eigenvalue weighted by Crippen LogP contribution is -2.31. The van der Waals surface area contributed by atoms with E-state index in [2.05, 4.69) is 12.1 Å². The fourth-order valence-corrected chi connectivity index (χ4v) is 3.50. The summed E-state index contributed by atoms with van der Waals surface area (Å²) in [6.07, 6.45) is -0.721. The van der Waals surface area contributed by atoms with E-state index >= 15 is 0 Å². The van der Waals surface area contributed by atoms with Gasteiger partial charge in [-0.15, -0.1) is 0 Å². The fraction of sp³-hybridized carbons (Fsp3) is 0.208. The van der Waals surface area contributed by atoms with Crippen molar-refractivity contribution in [2.75, 3.05) is 6.61 Å². The normalized spacial score (nSPS) is 12.2. The van der Waals surface area contributed by atoms with Crippen molar-refractivity contribution in [3.05, 3.63) is 95.6 Å². The molecule has 4 rings (SSSR count). The Morgan fingerprint density at radius 2 is 1.48 bits per heavy atom. The minimum atomic E-state index is -0.721. The van der Waals surface area contributed by atoms with Crippen LogP contribution in [0.5, 0.6) is 5.75 Å². The van der Waals surface area contributed by atoms with Gasteiger partial charge in [-0.1, -0.05) is 60.2 Å². The number of nitrogens with zero attached hydrogens (tertiary/aromatic N) is 2. The predicted molar refractivity (Wildman–Crippen MR) is 114 cm³/mol. The zero-order chi connectivity index (χ0) is 20.2. The van der Waals surface area contributed by atoms with Gasteiger partial charge in [0.25, 0.3) is 0 Å². The molecule has 1 atom stereocenters. The van der Waals surface area contributed by atoms with E-state index in [1.54, 1.807) is 0 Å². The van der Waals surface area contributed by atoms with Gasteiger partial charge in [-0.25, -0.2) is 0 Å². The van der Waals surface area contributed by atoms with E-state index in [9.17, 15) is 5.11 Å². The monoisotopic (exact) mass is 387 g/mol. The van der Waals surface area contributed by atoms with Crippen LogP contribution in [0.25, 0.3) is 11.0 Å². The zero-order valence-corrected chi connectivity index (χ0v) is 16.5. The number of ether oxygens (including phenoxy) is 1. The second kappa shape index (κ2) is 8.37. The SMILES string of the molecule is Cc1ccc(OC[C@H](O)Cn2c(=N)n(Cc3ccccc3)c3ccccc32)cc1. The van der Waals surface area contributed by atoms with Crippen molar-refractivity contribution in [2.24, 2.45) is 0 Å². The Hall–Kier alpha value is -3.31. The van der Waals surface area contributed by atoms with Crippen LogP contribution >= 0.6 is 0 Å². The molecule has 0 radical (unpaired) electrons. The lowest BCUT2D eigenvalue weighted by Gasteiger charge is -2.14. The van der Waals surface area contributed by atoms with Gasteiger partial charge in [0.15, 0.2) is 0 Å². The van der Waals surface area contributed by atoms with Crippen LogP contribution in [-0.2, 0) is 13.1 Å². The van der Waals surface area contributed by atoms with Gasteiger partial charge in [0.05, 0.1) is 24.1 Å². The van der Waals surface area contributed by atoms with Gasteiger partial charge in [0, 0.05) is 0 Å². The van der Waals surface area contributed by atoms with Crippen LogP contribution in [0.1, 0.15) is 11.1 Å². The van der Waals surface area contributed by atoms with E-state index in [4.69, 9.17) is 10.1 Å². The lowest BCUT2D eigenvalue weighted by atomic mass is 10.2. The maximum atomic E-state index is 10.6. The summed E-state index contributed by atoms with van der Waals surface area (Å²) in [5, 5.41) is 19.3. The molecule has 0 fully saturated rings. The molecule has 5 nitrogen and oxygen atoms in total. The van der Waals surface area contributed by atoms with E-state index < -0.39 is 6.10 Å². The van der Waals surface area contributed by atoms with Gasteiger partial charge in [-0.2, -0.15) is 0 Å². The summed E-state index contributed by atoms with van der Waals surface area (Å²) >= 11 is 0. The number of hydrogen-bond acceptors (Lipinski definition) is 3. The van der Waals surface area contributed by atoms with E-state index in [1.807, 2.05) is 82.8 Å². The number of imidazole rings is 1. The quantitative estimate of drug-likeness (QED) is 0.508. The van der Waals surface area contributed by atoms with E-state index in [-0.39, 0.29) is 6.61 Å². The number of nitrogens with one attached hydrogen (secondary N) is 1. The average molecular weight is 387 g/mol. The summed E-state index contributed by atoms with van der Waals surface area (Å²) in [4.78, 5) is 0. The zero-order valence-electron chi connectivity index (χ0n) is 16.5. The molecule has 0 saturated heterocycles. The number of aliphatic hydroxyl groups is 1. The summed E-state index contributed by atoms with van der Waals surface area (Å²) in [7, 11) is 0. The highest BCUT2D eigenvalue weighted by Gasteiger charge is 2.14. The molecule has 0 aliphatic rings. The van der Waals surface area contributed by atoms with Crippen molar-refractivity contribution in [3.8, 4) is 5.75 Å². The Morgan fingerprint density at radius 3 is 2.17 bits per heavy atom. The van der Waals surface area contributed by atoms with E-state index in [1.165, 1.54) is 5.56 Å². The highest BCUT2D eigenvalue weighted by molar-refractivity contribution is 5.76. The third-order valence-corrected chi connectivity index (χ3v) is 5.01. The highest BCUT2D eigenvalue weighted by atomic mass is 16.5. The number of benzene rings is 3. The van der Waals surface area contributed by atoms with Crippen molar-refractivity contribution in [1.29, 1.82) is 5.41 Å². The smallest absolute Gasteiger partial charge is 0.203 e. The highest BCUT2D eigenvalue weighted by Crippen LogP contribution is 2.16. The minimum Gasteiger partial charge on any atom is -0.491 e. The summed E-state index contributed by atoms with van der Waals surface area (Å²) in [5.41, 5.74) is 4.58. The van der Waals surface area contributed by atoms with Crippen LogP contribution in [0, 0.1) is 12.3 Å². The summed E-state index contributed by atoms with van der Waals surface area (Å²) in [6, 6.07) is 25.8. The van der Waals surface area contributed by atoms with Crippen LogP contribution in [0.2, 0.25) is 0 Å². The first-order valence-corrected chi connectivity index (χ1v) is 9.76. The average Bonchev–Trinajstić information content (AvgIpc) is 3.00. The summed E-state index contributed by atoms with van der Waals surface area (Å²) in [6.45, 7) is 3.11. The molecule has 3 aromatic carbocycles. The molecule has 0 unspecified atom stereocenters. The molecule has 2 N–H and O–H groups in total. The largest absolute Gasteiger partial charge is 0.491 e. The second-order valence-corrected chi connectivity index (χ2v) is 7.27. The van der Waals surface area contributed by atoms with Gasteiger partial charge in [0.1, 0.15) is 18.5 Å². The Morgan fingerprint density at radius 1 is 0.862 bits per heavy atom. The molecular weight excluding hydrogens is 362 g/mol. The maximum Gasteiger partial charge on any atom is 0.203 e. The number of para-hydroxylation sites is 2. The molecule has 1 heterocycles. The third-order valence-electron chi connectivity index (χ3n) is 5.01. The molecule has 148 valence electrons. The molecule has 4 aromatic rings. The van der Waals surface area contributed by atoms with Crippen LogP contribution in [0.4, 0.5) is 0 Å². The molecule has 1 aromatic heterocycles. The minimum absolute atomic E-state index is 0.174. The Balaban J connectivity index is 1.56. The lowest BCUT2D eigenvalue weighted by molar-refractivity contribution is 0.0921. The standard InChI is InChI=1S/C24H25N3O2/c1-18-11-13-21(14-12-18)29-17-20(28)16-27-23-10-6-5-9-22(23)26(24(27)25)15-19-7-3-2-4-8-19/h2-14,20,25,28H,15-17H2,1H3/t20-/m1/s1. The van der Waals surface area contributed by atoms with Gasteiger partial charge in [-0.3, -0.25) is 5.41 Å². The second-order valence-electron chi connectivity index (χ2n) is 7.27. The molecule has 0 bridgehead atoms. The first-order chi connectivity index (χ1) is 14.1. The first kappa shape index (κ1) is 19.0. The molecule has 0 aliphatic heterocycles. The van der Waals surface area contributed by atoms with Gasteiger partial charge in [-0.05, 0) is 36.8 Å². The van der Waals surface area contributed by atoms with Crippen LogP contribution < -0.4 is 10.4 Å². The number of fused-ring (bicyclic) bond motifs is 1. The van der Waals surface area contributed by atoms with Crippen molar-refractivity contribution >= 4 is 11.0 Å². The molecular formula is C24H25N3O2. The van der Waals surface area contributed by atoms with Crippen LogP contribution in [0.3, 0.4) is 0 Å². The Labute approximate surface area is 169 Å². The number of aliphatic hydroxyl groups excluding tert-OH is 1. The molecule has 5 heteroatoms. The number of rotatable bonds is 7. The Kier molecular flexibility index (Phi) is 5.49. The van der Waals surface area contributed by atoms with Gasteiger partial charge in [0.2, 0.25) is 5.62 Å².